The number of nitrogens with one attached hydrogen (secondary N) is 2. The number of likely N-dealkylation sites (tertiary alicyclic amines) is 2. The van der Waals surface area contributed by atoms with Crippen LogP contribution in [0.4, 0.5) is 0 Å². The summed E-state index contributed by atoms with van der Waals surface area (Å²) in [7, 11) is 0. The van der Waals surface area contributed by atoms with E-state index in [0.29, 0.717) is 24.1 Å². The van der Waals surface area contributed by atoms with E-state index in [1.807, 2.05) is 23.5 Å². The average Bonchev–Trinajstić information content (AvgIpc) is 3.75. The SMILES string of the molecule is Cc1ccsc1CN1CCC2(CCN(Cc3ccc(C(=O)N(Cc4ncc[nH]4)Cc4ncc[nH]4)cc3)C2)C1. The van der Waals surface area contributed by atoms with Crippen molar-refractivity contribution in [3.05, 3.63) is 93.7 Å². The van der Waals surface area contributed by atoms with Crippen molar-refractivity contribution in [2.75, 3.05) is 26.2 Å². The number of thiophene rings is 1. The summed E-state index contributed by atoms with van der Waals surface area (Å²) in [6.07, 6.45) is 9.53. The minimum atomic E-state index is -0.0310. The van der Waals surface area contributed by atoms with E-state index < -0.39 is 0 Å². The van der Waals surface area contributed by atoms with Crippen molar-refractivity contribution >= 4 is 17.2 Å². The number of aromatic nitrogens is 4. The summed E-state index contributed by atoms with van der Waals surface area (Å²) in [5.41, 5.74) is 3.79. The molecule has 3 aromatic heterocycles. The Morgan fingerprint density at radius 3 is 2.13 bits per heavy atom. The van der Waals surface area contributed by atoms with Gasteiger partial charge in [0.05, 0.1) is 13.1 Å². The molecular weight excluding hydrogens is 494 g/mol. The maximum absolute atomic E-state index is 13.4. The molecule has 2 aliphatic rings. The van der Waals surface area contributed by atoms with E-state index in [1.54, 1.807) is 29.7 Å². The fourth-order valence-corrected chi connectivity index (χ4v) is 6.90. The second-order valence-electron chi connectivity index (χ2n) is 10.9. The van der Waals surface area contributed by atoms with Gasteiger partial charge in [-0.25, -0.2) is 9.97 Å². The Hall–Kier alpha value is -3.27. The maximum Gasteiger partial charge on any atom is 0.254 e. The Morgan fingerprint density at radius 2 is 1.58 bits per heavy atom. The van der Waals surface area contributed by atoms with Crippen molar-refractivity contribution < 1.29 is 4.79 Å². The van der Waals surface area contributed by atoms with E-state index in [-0.39, 0.29) is 5.91 Å². The van der Waals surface area contributed by atoms with Crippen molar-refractivity contribution in [3.63, 3.8) is 0 Å². The lowest BCUT2D eigenvalue weighted by molar-refractivity contribution is 0.0721. The van der Waals surface area contributed by atoms with Crippen LogP contribution in [0.25, 0.3) is 0 Å². The highest BCUT2D eigenvalue weighted by atomic mass is 32.1. The van der Waals surface area contributed by atoms with Crippen LogP contribution in [0.3, 0.4) is 0 Å². The number of imidazole rings is 2. The lowest BCUT2D eigenvalue weighted by atomic mass is 9.86. The first kappa shape index (κ1) is 25.0. The van der Waals surface area contributed by atoms with Crippen LogP contribution in [0.1, 0.15) is 50.9 Å². The Balaban J connectivity index is 1.06. The Morgan fingerprint density at radius 1 is 0.947 bits per heavy atom. The van der Waals surface area contributed by atoms with Crippen molar-refractivity contribution in [2.45, 2.75) is 45.9 Å². The smallest absolute Gasteiger partial charge is 0.254 e. The lowest BCUT2D eigenvalue weighted by Gasteiger charge is -2.25. The molecule has 2 saturated heterocycles. The maximum atomic E-state index is 13.4. The zero-order valence-corrected chi connectivity index (χ0v) is 22.7. The Kier molecular flexibility index (Phi) is 7.14. The number of benzene rings is 1. The first-order valence-electron chi connectivity index (χ1n) is 13.4. The second-order valence-corrected chi connectivity index (χ2v) is 11.9. The molecule has 38 heavy (non-hydrogen) atoms. The molecule has 6 rings (SSSR count). The molecule has 5 heterocycles. The minimum Gasteiger partial charge on any atom is -0.347 e. The molecule has 0 radical (unpaired) electrons. The summed E-state index contributed by atoms with van der Waals surface area (Å²) < 4.78 is 0. The third-order valence-corrected chi connectivity index (χ3v) is 9.06. The molecule has 4 aromatic rings. The number of amides is 1. The number of hydrogen-bond donors (Lipinski definition) is 2. The van der Waals surface area contributed by atoms with Gasteiger partial charge in [-0.3, -0.25) is 14.6 Å². The molecule has 1 amide bonds. The van der Waals surface area contributed by atoms with Gasteiger partial charge >= 0.3 is 0 Å². The molecule has 1 aromatic carbocycles. The van der Waals surface area contributed by atoms with Crippen LogP contribution in [0.5, 0.6) is 0 Å². The quantitative estimate of drug-likeness (QED) is 0.335. The Bertz CT molecular complexity index is 1300. The van der Waals surface area contributed by atoms with E-state index in [1.165, 1.54) is 41.9 Å². The molecule has 2 fully saturated rings. The zero-order chi connectivity index (χ0) is 26.0. The third kappa shape index (κ3) is 5.60. The highest BCUT2D eigenvalue weighted by Crippen LogP contribution is 2.40. The number of aryl methyl sites for hydroxylation is 1. The van der Waals surface area contributed by atoms with Gasteiger partial charge in [0.25, 0.3) is 5.91 Å². The number of hydrogen-bond acceptors (Lipinski definition) is 6. The summed E-state index contributed by atoms with van der Waals surface area (Å²) in [5.74, 6) is 1.47. The van der Waals surface area contributed by atoms with Gasteiger partial charge in [-0.15, -0.1) is 11.3 Å². The monoisotopic (exact) mass is 529 g/mol. The summed E-state index contributed by atoms with van der Waals surface area (Å²) in [4.78, 5) is 36.7. The summed E-state index contributed by atoms with van der Waals surface area (Å²) in [6.45, 7) is 9.76. The summed E-state index contributed by atoms with van der Waals surface area (Å²) >= 11 is 1.89. The molecule has 2 aliphatic heterocycles. The normalized spacial score (nSPS) is 20.0. The number of carbonyl (C=O) groups excluding carboxylic acids is 1. The van der Waals surface area contributed by atoms with Crippen molar-refractivity contribution in [3.8, 4) is 0 Å². The number of H-pyrrole nitrogens is 2. The van der Waals surface area contributed by atoms with Gasteiger partial charge < -0.3 is 14.9 Å². The van der Waals surface area contributed by atoms with Crippen LogP contribution >= 0.6 is 11.3 Å². The fourth-order valence-electron chi connectivity index (χ4n) is 5.95. The van der Waals surface area contributed by atoms with Gasteiger partial charge in [-0.2, -0.15) is 0 Å². The van der Waals surface area contributed by atoms with Crippen LogP contribution in [-0.4, -0.2) is 66.7 Å². The van der Waals surface area contributed by atoms with Crippen LogP contribution in [0.15, 0.2) is 60.5 Å². The summed E-state index contributed by atoms with van der Waals surface area (Å²) in [6, 6.07) is 10.4. The van der Waals surface area contributed by atoms with E-state index in [2.05, 4.69) is 60.2 Å². The molecule has 1 unspecified atom stereocenters. The standard InChI is InChI=1S/C29H35N7OS/c1-22-6-15-38-25(22)17-35-14-8-29(21-35)7-13-34(20-29)16-23-2-4-24(5-3-23)28(37)36(18-26-30-9-10-31-26)19-27-32-11-12-33-27/h2-6,9-12,15H,7-8,13-14,16-21H2,1H3,(H,30,31)(H,32,33). The molecule has 0 aliphatic carbocycles. The van der Waals surface area contributed by atoms with Gasteiger partial charge in [0.15, 0.2) is 0 Å². The highest BCUT2D eigenvalue weighted by molar-refractivity contribution is 7.10. The molecule has 198 valence electrons. The molecule has 1 spiro atoms. The molecule has 8 nitrogen and oxygen atoms in total. The number of nitrogens with zero attached hydrogens (tertiary/aromatic N) is 5. The van der Waals surface area contributed by atoms with E-state index in [9.17, 15) is 4.79 Å². The van der Waals surface area contributed by atoms with Gasteiger partial charge in [-0.05, 0) is 73.0 Å². The topological polar surface area (TPSA) is 84.2 Å². The summed E-state index contributed by atoms with van der Waals surface area (Å²) in [5, 5.41) is 2.21. The van der Waals surface area contributed by atoms with Gasteiger partial charge in [0.1, 0.15) is 11.6 Å². The van der Waals surface area contributed by atoms with Crippen molar-refractivity contribution in [2.24, 2.45) is 5.41 Å². The van der Waals surface area contributed by atoms with E-state index in [0.717, 1.165) is 37.8 Å². The van der Waals surface area contributed by atoms with Crippen molar-refractivity contribution in [1.82, 2.24) is 34.6 Å². The zero-order valence-electron chi connectivity index (χ0n) is 21.9. The molecule has 1 atom stereocenters. The fraction of sp³-hybridized carbons (Fsp3) is 0.414. The first-order chi connectivity index (χ1) is 18.6. The average molecular weight is 530 g/mol. The Labute approximate surface area is 227 Å². The van der Waals surface area contributed by atoms with E-state index >= 15 is 0 Å². The molecular formula is C29H35N7OS. The van der Waals surface area contributed by atoms with Crippen LogP contribution < -0.4 is 0 Å². The highest BCUT2D eigenvalue weighted by Gasteiger charge is 2.43. The molecule has 2 N–H and O–H groups in total. The molecule has 9 heteroatoms. The van der Waals surface area contributed by atoms with Crippen LogP contribution in [-0.2, 0) is 26.2 Å². The van der Waals surface area contributed by atoms with Gasteiger partial charge in [0.2, 0.25) is 0 Å². The molecule has 0 saturated carbocycles. The number of aromatic amines is 2. The molecule has 0 bridgehead atoms. The third-order valence-electron chi connectivity index (χ3n) is 8.06. The minimum absolute atomic E-state index is 0.0310. The lowest BCUT2D eigenvalue weighted by Crippen LogP contribution is -2.31. The van der Waals surface area contributed by atoms with Crippen LogP contribution in [0.2, 0.25) is 0 Å². The second kappa shape index (κ2) is 10.8. The predicted octanol–water partition coefficient (Wildman–Crippen LogP) is 4.44. The van der Waals surface area contributed by atoms with Crippen LogP contribution in [0, 0.1) is 12.3 Å². The first-order valence-corrected chi connectivity index (χ1v) is 14.3. The largest absolute Gasteiger partial charge is 0.347 e. The number of carbonyl (C=O) groups is 1. The predicted molar refractivity (Wildman–Crippen MR) is 148 cm³/mol. The number of rotatable bonds is 9. The van der Waals surface area contributed by atoms with Gasteiger partial charge in [-0.1, -0.05) is 12.1 Å². The van der Waals surface area contributed by atoms with E-state index in [4.69, 9.17) is 0 Å². The van der Waals surface area contributed by atoms with Gasteiger partial charge in [0, 0.05) is 61.4 Å². The van der Waals surface area contributed by atoms with Crippen molar-refractivity contribution in [1.29, 1.82) is 0 Å².